The summed E-state index contributed by atoms with van der Waals surface area (Å²) in [6.07, 6.45) is 5.09. The van der Waals surface area contributed by atoms with Gasteiger partial charge >= 0.3 is 0 Å². The maximum Gasteiger partial charge on any atom is 0.230 e. The van der Waals surface area contributed by atoms with E-state index in [1.807, 2.05) is 24.3 Å². The minimum absolute atomic E-state index is 0.0286. The quantitative estimate of drug-likeness (QED) is 0.610. The number of aromatic nitrogens is 3. The van der Waals surface area contributed by atoms with Gasteiger partial charge in [0.1, 0.15) is 5.75 Å². The lowest BCUT2D eigenvalue weighted by Gasteiger charge is -2.31. The van der Waals surface area contributed by atoms with E-state index in [4.69, 9.17) is 4.74 Å². The number of hydrogen-bond acceptors (Lipinski definition) is 7. The summed E-state index contributed by atoms with van der Waals surface area (Å²) in [5.74, 6) is 2.26. The Morgan fingerprint density at radius 1 is 1.19 bits per heavy atom. The highest BCUT2D eigenvalue weighted by atomic mass is 32.2. The average Bonchev–Trinajstić information content (AvgIpc) is 3.35. The number of nitrogens with one attached hydrogen (secondary N) is 1. The van der Waals surface area contributed by atoms with Crippen molar-refractivity contribution >= 4 is 27.5 Å². The molecule has 0 radical (unpaired) electrons. The number of carbonyl (C=O) groups excluding carboxylic acids is 1. The van der Waals surface area contributed by atoms with Gasteiger partial charge in [0.2, 0.25) is 5.91 Å². The number of carbonyl (C=O) groups is 1. The number of ether oxygens (including phenoxy) is 1. The zero-order chi connectivity index (χ0) is 22.7. The van der Waals surface area contributed by atoms with Gasteiger partial charge in [0.25, 0.3) is 0 Å². The molecule has 1 aromatic heterocycles. The molecule has 0 spiro atoms. The zero-order valence-corrected chi connectivity index (χ0v) is 20.1. The summed E-state index contributed by atoms with van der Waals surface area (Å²) in [6, 6.07) is 7.77. The first-order chi connectivity index (χ1) is 15.4. The van der Waals surface area contributed by atoms with E-state index in [-0.39, 0.29) is 35.2 Å². The van der Waals surface area contributed by atoms with Gasteiger partial charge in [-0.1, -0.05) is 31.5 Å². The smallest absolute Gasteiger partial charge is 0.230 e. The van der Waals surface area contributed by atoms with Gasteiger partial charge in [-0.05, 0) is 49.4 Å². The largest absolute Gasteiger partial charge is 0.497 e. The van der Waals surface area contributed by atoms with Crippen molar-refractivity contribution in [3.8, 4) is 17.1 Å². The molecule has 2 aliphatic rings. The van der Waals surface area contributed by atoms with E-state index in [1.54, 1.807) is 7.11 Å². The van der Waals surface area contributed by atoms with Crippen molar-refractivity contribution in [2.45, 2.75) is 56.3 Å². The van der Waals surface area contributed by atoms with E-state index in [0.717, 1.165) is 41.6 Å². The van der Waals surface area contributed by atoms with Crippen LogP contribution in [0, 0.1) is 5.92 Å². The number of nitrogens with zero attached hydrogens (tertiary/aromatic N) is 3. The first kappa shape index (κ1) is 23.1. The van der Waals surface area contributed by atoms with Crippen molar-refractivity contribution in [3.05, 3.63) is 24.3 Å². The van der Waals surface area contributed by atoms with E-state index in [9.17, 15) is 13.2 Å². The number of rotatable bonds is 7. The third-order valence-electron chi connectivity index (χ3n) is 6.34. The summed E-state index contributed by atoms with van der Waals surface area (Å²) in [4.78, 5) is 12.5. The molecule has 2 aromatic rings. The fraction of sp³-hybridized carbons (Fsp3) is 0.591. The highest BCUT2D eigenvalue weighted by molar-refractivity contribution is 7.99. The summed E-state index contributed by atoms with van der Waals surface area (Å²) in [5.41, 5.74) is 0.962. The SMILES string of the molecule is COc1ccc(-c2nnc(SCC(=O)N[C@@H]3CCS(=O)(=O)C3)n2[C@@H]2CCCC[C@H]2C)cc1. The van der Waals surface area contributed by atoms with Gasteiger partial charge in [0, 0.05) is 17.6 Å². The Morgan fingerprint density at radius 3 is 2.59 bits per heavy atom. The Morgan fingerprint density at radius 2 is 1.94 bits per heavy atom. The average molecular weight is 479 g/mol. The van der Waals surface area contributed by atoms with Crippen molar-refractivity contribution in [1.82, 2.24) is 20.1 Å². The molecule has 1 aromatic carbocycles. The molecular weight excluding hydrogens is 448 g/mol. The normalized spacial score (nSPS) is 24.9. The second kappa shape index (κ2) is 9.82. The van der Waals surface area contributed by atoms with Crippen LogP contribution in [0.2, 0.25) is 0 Å². The summed E-state index contributed by atoms with van der Waals surface area (Å²) < 4.78 is 30.8. The predicted octanol–water partition coefficient (Wildman–Crippen LogP) is 3.10. The van der Waals surface area contributed by atoms with Crippen LogP contribution in [0.1, 0.15) is 45.1 Å². The molecule has 1 saturated heterocycles. The lowest BCUT2D eigenvalue weighted by molar-refractivity contribution is -0.119. The van der Waals surface area contributed by atoms with Gasteiger partial charge in [-0.25, -0.2) is 8.42 Å². The monoisotopic (exact) mass is 478 g/mol. The molecule has 10 heteroatoms. The van der Waals surface area contributed by atoms with E-state index < -0.39 is 9.84 Å². The van der Waals surface area contributed by atoms with Crippen LogP contribution in [0.4, 0.5) is 0 Å². The van der Waals surface area contributed by atoms with Crippen LogP contribution >= 0.6 is 11.8 Å². The molecule has 1 aliphatic heterocycles. The molecule has 1 aliphatic carbocycles. The third kappa shape index (κ3) is 5.28. The lowest BCUT2D eigenvalue weighted by atomic mass is 9.85. The van der Waals surface area contributed by atoms with E-state index in [1.165, 1.54) is 18.2 Å². The summed E-state index contributed by atoms with van der Waals surface area (Å²) in [7, 11) is -1.38. The second-order valence-electron chi connectivity index (χ2n) is 8.69. The Kier molecular flexibility index (Phi) is 7.09. The lowest BCUT2D eigenvalue weighted by Crippen LogP contribution is -2.36. The maximum absolute atomic E-state index is 12.5. The molecule has 1 N–H and O–H groups in total. The van der Waals surface area contributed by atoms with E-state index in [2.05, 4.69) is 27.0 Å². The Balaban J connectivity index is 1.53. The first-order valence-electron chi connectivity index (χ1n) is 11.1. The van der Waals surface area contributed by atoms with Crippen molar-refractivity contribution in [1.29, 1.82) is 0 Å². The summed E-state index contributed by atoms with van der Waals surface area (Å²) in [6.45, 7) is 2.27. The van der Waals surface area contributed by atoms with Gasteiger partial charge in [0.05, 0.1) is 24.4 Å². The summed E-state index contributed by atoms with van der Waals surface area (Å²) >= 11 is 1.36. The topological polar surface area (TPSA) is 103 Å². The molecule has 8 nitrogen and oxygen atoms in total. The molecule has 4 rings (SSSR count). The predicted molar refractivity (Wildman–Crippen MR) is 125 cm³/mol. The minimum Gasteiger partial charge on any atom is -0.497 e. The molecule has 32 heavy (non-hydrogen) atoms. The molecule has 1 saturated carbocycles. The number of sulfone groups is 1. The zero-order valence-electron chi connectivity index (χ0n) is 18.5. The van der Waals surface area contributed by atoms with Crippen LogP contribution < -0.4 is 10.1 Å². The standard InChI is InChI=1S/C22H30N4O4S2/c1-15-5-3-4-6-19(15)26-21(16-7-9-18(30-2)10-8-16)24-25-22(26)31-13-20(27)23-17-11-12-32(28,29)14-17/h7-10,15,17,19H,3-6,11-14H2,1-2H3,(H,23,27)/t15-,17-,19-/m1/s1. The number of benzene rings is 1. The summed E-state index contributed by atoms with van der Waals surface area (Å²) in [5, 5.41) is 12.5. The number of amides is 1. The molecule has 174 valence electrons. The van der Waals surface area contributed by atoms with Gasteiger partial charge in [-0.3, -0.25) is 9.36 Å². The fourth-order valence-corrected chi connectivity index (χ4v) is 7.08. The van der Waals surface area contributed by atoms with Crippen molar-refractivity contribution in [2.75, 3.05) is 24.4 Å². The van der Waals surface area contributed by atoms with Gasteiger partial charge in [-0.2, -0.15) is 0 Å². The van der Waals surface area contributed by atoms with Crippen LogP contribution in [-0.4, -0.2) is 59.5 Å². The minimum atomic E-state index is -3.02. The highest BCUT2D eigenvalue weighted by Crippen LogP contribution is 2.39. The molecule has 0 unspecified atom stereocenters. The molecule has 3 atom stereocenters. The Hall–Kier alpha value is -2.07. The van der Waals surface area contributed by atoms with Crippen LogP contribution in [0.25, 0.3) is 11.4 Å². The maximum atomic E-state index is 12.5. The molecule has 2 fully saturated rings. The van der Waals surface area contributed by atoms with Crippen molar-refractivity contribution < 1.29 is 17.9 Å². The third-order valence-corrected chi connectivity index (χ3v) is 9.05. The van der Waals surface area contributed by atoms with Gasteiger partial charge in [0.15, 0.2) is 20.8 Å². The van der Waals surface area contributed by atoms with Gasteiger partial charge in [-0.15, -0.1) is 10.2 Å². The highest BCUT2D eigenvalue weighted by Gasteiger charge is 2.31. The second-order valence-corrected chi connectivity index (χ2v) is 11.9. The Bertz CT molecular complexity index is 1050. The van der Waals surface area contributed by atoms with Crippen molar-refractivity contribution in [2.24, 2.45) is 5.92 Å². The van der Waals surface area contributed by atoms with Crippen LogP contribution in [0.3, 0.4) is 0 Å². The van der Waals surface area contributed by atoms with Crippen LogP contribution in [0.15, 0.2) is 29.4 Å². The number of hydrogen-bond donors (Lipinski definition) is 1. The first-order valence-corrected chi connectivity index (χ1v) is 13.9. The van der Waals surface area contributed by atoms with Crippen LogP contribution in [0.5, 0.6) is 5.75 Å². The molecule has 2 heterocycles. The Labute approximate surface area is 193 Å². The van der Waals surface area contributed by atoms with Crippen molar-refractivity contribution in [3.63, 3.8) is 0 Å². The fourth-order valence-electron chi connectivity index (χ4n) is 4.60. The molecular formula is C22H30N4O4S2. The van der Waals surface area contributed by atoms with Crippen LogP contribution in [-0.2, 0) is 14.6 Å². The van der Waals surface area contributed by atoms with E-state index >= 15 is 0 Å². The molecule has 1 amide bonds. The van der Waals surface area contributed by atoms with Gasteiger partial charge < -0.3 is 10.1 Å². The number of thioether (sulfide) groups is 1. The van der Waals surface area contributed by atoms with E-state index in [0.29, 0.717) is 12.3 Å². The molecule has 0 bridgehead atoms. The number of methoxy groups -OCH3 is 1.